The van der Waals surface area contributed by atoms with Crippen LogP contribution < -0.4 is 0 Å². The van der Waals surface area contributed by atoms with Crippen LogP contribution in [0.5, 0.6) is 0 Å². The molecule has 0 aromatic heterocycles. The first-order valence-electron chi connectivity index (χ1n) is 5.14. The Labute approximate surface area is 98.5 Å². The largest absolute Gasteiger partial charge is 0.397 e. The number of hydrogen-bond donors (Lipinski definition) is 0. The van der Waals surface area contributed by atoms with Gasteiger partial charge < -0.3 is 8.85 Å². The lowest BCUT2D eigenvalue weighted by Gasteiger charge is -2.14. The molecule has 0 aliphatic rings. The minimum absolute atomic E-state index is 0. The summed E-state index contributed by atoms with van der Waals surface area (Å²) in [6.45, 7) is 5.54. The lowest BCUT2D eigenvalue weighted by atomic mass is 10.2. The normalized spacial score (nSPS) is 10.1. The fourth-order valence-corrected chi connectivity index (χ4v) is 3.08. The third kappa shape index (κ3) is 5.89. The van der Waals surface area contributed by atoms with E-state index < -0.39 is 9.28 Å². The van der Waals surface area contributed by atoms with Crippen LogP contribution in [-0.4, -0.2) is 33.5 Å². The van der Waals surface area contributed by atoms with Crippen molar-refractivity contribution in [3.63, 3.8) is 0 Å². The van der Waals surface area contributed by atoms with Crippen molar-refractivity contribution < 1.29 is 8.85 Å². The van der Waals surface area contributed by atoms with Crippen molar-refractivity contribution in [3.05, 3.63) is 35.9 Å². The van der Waals surface area contributed by atoms with Crippen LogP contribution in [0.15, 0.2) is 30.3 Å². The quantitative estimate of drug-likeness (QED) is 0.681. The van der Waals surface area contributed by atoms with Crippen molar-refractivity contribution in [2.24, 2.45) is 0 Å². The Hall–Kier alpha value is -0.426. The molecule has 1 rings (SSSR count). The molecule has 15 heavy (non-hydrogen) atoms. The second kappa shape index (κ2) is 8.85. The van der Waals surface area contributed by atoms with Crippen molar-refractivity contribution >= 4 is 20.2 Å². The summed E-state index contributed by atoms with van der Waals surface area (Å²) in [6, 6.07) is 11.3. The first kappa shape index (κ1) is 14.6. The van der Waals surface area contributed by atoms with E-state index >= 15 is 0 Å². The summed E-state index contributed by atoms with van der Waals surface area (Å²) in [5, 5.41) is 0. The maximum absolute atomic E-state index is 5.60. The third-order valence-electron chi connectivity index (χ3n) is 1.95. The molecule has 0 bridgehead atoms. The molecule has 0 spiro atoms. The van der Waals surface area contributed by atoms with E-state index in [2.05, 4.69) is 24.3 Å². The van der Waals surface area contributed by atoms with Crippen LogP contribution in [0.25, 0.3) is 0 Å². The first-order valence-corrected chi connectivity index (χ1v) is 6.89. The SMILES string of the molecule is CCO[SiH](Cc1ccccc1)OCC.[SiH4]. The zero-order valence-corrected chi connectivity index (χ0v) is 10.1. The molecule has 0 fully saturated rings. The first-order chi connectivity index (χ1) is 6.86. The second-order valence-electron chi connectivity index (χ2n) is 3.03. The second-order valence-corrected chi connectivity index (χ2v) is 4.96. The summed E-state index contributed by atoms with van der Waals surface area (Å²) in [6.07, 6.45) is 0. The molecule has 2 nitrogen and oxygen atoms in total. The van der Waals surface area contributed by atoms with Crippen molar-refractivity contribution in [3.8, 4) is 0 Å². The van der Waals surface area contributed by atoms with E-state index in [-0.39, 0.29) is 11.0 Å². The zero-order chi connectivity index (χ0) is 10.2. The molecule has 86 valence electrons. The van der Waals surface area contributed by atoms with Crippen LogP contribution >= 0.6 is 0 Å². The van der Waals surface area contributed by atoms with Crippen molar-refractivity contribution in [1.82, 2.24) is 0 Å². The highest BCUT2D eigenvalue weighted by Gasteiger charge is 2.12. The van der Waals surface area contributed by atoms with Crippen LogP contribution in [0, 0.1) is 0 Å². The van der Waals surface area contributed by atoms with E-state index in [1.807, 2.05) is 19.9 Å². The van der Waals surface area contributed by atoms with E-state index in [1.165, 1.54) is 5.56 Å². The Morgan fingerprint density at radius 3 is 2.00 bits per heavy atom. The molecule has 0 atom stereocenters. The van der Waals surface area contributed by atoms with Crippen LogP contribution in [-0.2, 0) is 14.9 Å². The van der Waals surface area contributed by atoms with Crippen molar-refractivity contribution in [2.45, 2.75) is 19.9 Å². The summed E-state index contributed by atoms with van der Waals surface area (Å²) in [7, 11) is -1.46. The topological polar surface area (TPSA) is 18.5 Å². The lowest BCUT2D eigenvalue weighted by Crippen LogP contribution is -2.26. The number of benzene rings is 1. The molecule has 0 amide bonds. The molecule has 1 aromatic carbocycles. The smallest absolute Gasteiger partial charge is 0.325 e. The predicted octanol–water partition coefficient (Wildman–Crippen LogP) is 0.610. The molecular weight excluding hydrogens is 220 g/mol. The average molecular weight is 242 g/mol. The Morgan fingerprint density at radius 1 is 1.00 bits per heavy atom. The molecule has 0 radical (unpaired) electrons. The molecule has 0 aliphatic heterocycles. The third-order valence-corrected chi connectivity index (χ3v) is 4.17. The molecular formula is C11H22O2Si2. The van der Waals surface area contributed by atoms with Crippen LogP contribution in [0.4, 0.5) is 0 Å². The van der Waals surface area contributed by atoms with Crippen LogP contribution in [0.2, 0.25) is 0 Å². The van der Waals surface area contributed by atoms with Gasteiger partial charge in [-0.3, -0.25) is 0 Å². The van der Waals surface area contributed by atoms with Gasteiger partial charge in [-0.1, -0.05) is 30.3 Å². The summed E-state index contributed by atoms with van der Waals surface area (Å²) >= 11 is 0. The van der Waals surface area contributed by atoms with Gasteiger partial charge in [0, 0.05) is 19.3 Å². The van der Waals surface area contributed by atoms with E-state index in [9.17, 15) is 0 Å². The monoisotopic (exact) mass is 242 g/mol. The van der Waals surface area contributed by atoms with Gasteiger partial charge in [0.2, 0.25) is 0 Å². The van der Waals surface area contributed by atoms with Gasteiger partial charge in [-0.15, -0.1) is 0 Å². The molecule has 0 aliphatic carbocycles. The highest BCUT2D eigenvalue weighted by Crippen LogP contribution is 2.04. The summed E-state index contributed by atoms with van der Waals surface area (Å²) in [5.74, 6) is 0. The summed E-state index contributed by atoms with van der Waals surface area (Å²) < 4.78 is 11.2. The van der Waals surface area contributed by atoms with Crippen LogP contribution in [0.3, 0.4) is 0 Å². The van der Waals surface area contributed by atoms with E-state index in [4.69, 9.17) is 8.85 Å². The number of rotatable bonds is 6. The Morgan fingerprint density at radius 2 is 1.53 bits per heavy atom. The highest BCUT2D eigenvalue weighted by atomic mass is 28.3. The van der Waals surface area contributed by atoms with Gasteiger partial charge in [0.05, 0.1) is 0 Å². The van der Waals surface area contributed by atoms with Gasteiger partial charge in [0.15, 0.2) is 0 Å². The zero-order valence-electron chi connectivity index (χ0n) is 8.90. The fourth-order valence-electron chi connectivity index (χ4n) is 1.34. The Bertz CT molecular complexity index is 236. The summed E-state index contributed by atoms with van der Waals surface area (Å²) in [4.78, 5) is 0. The molecule has 4 heteroatoms. The van der Waals surface area contributed by atoms with E-state index in [1.54, 1.807) is 0 Å². The number of hydrogen-bond acceptors (Lipinski definition) is 2. The van der Waals surface area contributed by atoms with Gasteiger partial charge in [0.25, 0.3) is 0 Å². The van der Waals surface area contributed by atoms with Gasteiger partial charge >= 0.3 is 9.28 Å². The van der Waals surface area contributed by atoms with Gasteiger partial charge in [-0.05, 0) is 30.4 Å². The molecule has 0 saturated heterocycles. The molecule has 0 N–H and O–H groups in total. The maximum atomic E-state index is 5.60. The highest BCUT2D eigenvalue weighted by molar-refractivity contribution is 6.43. The van der Waals surface area contributed by atoms with Gasteiger partial charge in [-0.2, -0.15) is 0 Å². The van der Waals surface area contributed by atoms with Gasteiger partial charge in [-0.25, -0.2) is 0 Å². The lowest BCUT2D eigenvalue weighted by molar-refractivity contribution is 0.213. The molecule has 1 aromatic rings. The average Bonchev–Trinajstić information content (AvgIpc) is 2.20. The molecule has 0 unspecified atom stereocenters. The van der Waals surface area contributed by atoms with E-state index in [0.29, 0.717) is 0 Å². The summed E-state index contributed by atoms with van der Waals surface area (Å²) in [5.41, 5.74) is 1.31. The van der Waals surface area contributed by atoms with E-state index in [0.717, 1.165) is 19.3 Å². The predicted molar refractivity (Wildman–Crippen MR) is 71.9 cm³/mol. The molecule has 0 heterocycles. The fraction of sp³-hybridized carbons (Fsp3) is 0.455. The minimum atomic E-state index is -1.46. The van der Waals surface area contributed by atoms with Gasteiger partial charge in [0.1, 0.15) is 0 Å². The van der Waals surface area contributed by atoms with Crippen LogP contribution in [0.1, 0.15) is 19.4 Å². The Balaban J connectivity index is 0.00000196. The maximum Gasteiger partial charge on any atom is 0.325 e. The molecule has 0 saturated carbocycles. The minimum Gasteiger partial charge on any atom is -0.397 e. The standard InChI is InChI=1S/C11H18O2Si.H4Si/c1-3-12-14(13-4-2)10-11-8-6-5-7-9-11;/h5-9,14H,3-4,10H2,1-2H3;1H4. The van der Waals surface area contributed by atoms with Crippen molar-refractivity contribution in [1.29, 1.82) is 0 Å². The Kier molecular flexibility index (Phi) is 8.60. The van der Waals surface area contributed by atoms with Crippen molar-refractivity contribution in [2.75, 3.05) is 13.2 Å².